The molecule has 0 saturated carbocycles. The second-order valence-corrected chi connectivity index (χ2v) is 5.74. The van der Waals surface area contributed by atoms with Gasteiger partial charge in [0.2, 0.25) is 0 Å². The topological polar surface area (TPSA) is 60.4 Å². The number of benzene rings is 1. The van der Waals surface area contributed by atoms with Crippen LogP contribution in [0.25, 0.3) is 5.65 Å². The minimum absolute atomic E-state index is 0.440. The zero-order chi connectivity index (χ0) is 17.0. The molecule has 1 aromatic carbocycles. The lowest BCUT2D eigenvalue weighted by atomic mass is 10.2. The Hall–Kier alpha value is -2.33. The number of amides is 1. The Morgan fingerprint density at radius 2 is 1.87 bits per heavy atom. The van der Waals surface area contributed by atoms with Crippen molar-refractivity contribution in [2.45, 2.75) is 27.2 Å². The summed E-state index contributed by atoms with van der Waals surface area (Å²) < 4.78 is 1.85. The molecule has 5 heteroatoms. The standard InChI is InChI=1S/C10H11N3O.C8H9Cl/c1-6-5-7(2)13-4-3-8(9(11)14)10(13)12-6;1-2-7-3-5-8(9)6-4-7/h3-5H,1-2H3,(H2,11,14);3-6H,2H2,1H3. The maximum atomic E-state index is 11.1. The Kier molecular flexibility index (Phi) is 5.40. The molecule has 3 rings (SSSR count). The molecule has 23 heavy (non-hydrogen) atoms. The summed E-state index contributed by atoms with van der Waals surface area (Å²) in [5.41, 5.74) is 9.60. The van der Waals surface area contributed by atoms with Crippen LogP contribution < -0.4 is 5.73 Å². The van der Waals surface area contributed by atoms with Crippen molar-refractivity contribution >= 4 is 23.2 Å². The first-order valence-electron chi connectivity index (χ1n) is 7.42. The number of hydrogen-bond donors (Lipinski definition) is 1. The van der Waals surface area contributed by atoms with Gasteiger partial charge in [0.15, 0.2) is 0 Å². The number of rotatable bonds is 2. The van der Waals surface area contributed by atoms with E-state index in [4.69, 9.17) is 17.3 Å². The summed E-state index contributed by atoms with van der Waals surface area (Å²) in [6, 6.07) is 11.6. The van der Waals surface area contributed by atoms with Crippen LogP contribution in [0.2, 0.25) is 5.02 Å². The minimum atomic E-state index is -0.440. The van der Waals surface area contributed by atoms with E-state index in [1.165, 1.54) is 5.56 Å². The average Bonchev–Trinajstić information content (AvgIpc) is 2.93. The number of primary amides is 1. The van der Waals surface area contributed by atoms with Gasteiger partial charge in [-0.25, -0.2) is 4.98 Å². The molecule has 0 atom stereocenters. The van der Waals surface area contributed by atoms with Crippen molar-refractivity contribution in [3.63, 3.8) is 0 Å². The third kappa shape index (κ3) is 4.11. The van der Waals surface area contributed by atoms with Gasteiger partial charge in [-0.3, -0.25) is 4.79 Å². The Morgan fingerprint density at radius 1 is 1.22 bits per heavy atom. The average molecular weight is 330 g/mol. The largest absolute Gasteiger partial charge is 0.365 e. The number of nitrogens with zero attached hydrogens (tertiary/aromatic N) is 2. The summed E-state index contributed by atoms with van der Waals surface area (Å²) in [6.07, 6.45) is 2.88. The van der Waals surface area contributed by atoms with Crippen LogP contribution in [-0.4, -0.2) is 15.3 Å². The van der Waals surface area contributed by atoms with E-state index in [9.17, 15) is 4.79 Å². The molecule has 0 aliphatic rings. The maximum absolute atomic E-state index is 11.1. The van der Waals surface area contributed by atoms with Gasteiger partial charge in [0.25, 0.3) is 5.91 Å². The molecule has 0 aliphatic heterocycles. The first-order valence-corrected chi connectivity index (χ1v) is 7.79. The predicted molar refractivity (Wildman–Crippen MR) is 94.0 cm³/mol. The molecular formula is C18H20ClN3O. The van der Waals surface area contributed by atoms with Crippen LogP contribution in [-0.2, 0) is 6.42 Å². The van der Waals surface area contributed by atoms with Crippen LogP contribution in [0, 0.1) is 13.8 Å². The summed E-state index contributed by atoms with van der Waals surface area (Å²) in [6.45, 7) is 5.99. The van der Waals surface area contributed by atoms with Crippen molar-refractivity contribution in [3.8, 4) is 0 Å². The molecule has 0 saturated heterocycles. The molecule has 0 radical (unpaired) electrons. The highest BCUT2D eigenvalue weighted by Crippen LogP contribution is 2.13. The molecule has 0 fully saturated rings. The van der Waals surface area contributed by atoms with Crippen molar-refractivity contribution < 1.29 is 4.79 Å². The molecule has 120 valence electrons. The van der Waals surface area contributed by atoms with Gasteiger partial charge in [0, 0.05) is 22.6 Å². The lowest BCUT2D eigenvalue weighted by Crippen LogP contribution is -2.11. The quantitative estimate of drug-likeness (QED) is 0.773. The van der Waals surface area contributed by atoms with Gasteiger partial charge in [0.1, 0.15) is 5.65 Å². The van der Waals surface area contributed by atoms with E-state index in [0.29, 0.717) is 11.2 Å². The molecule has 0 aliphatic carbocycles. The van der Waals surface area contributed by atoms with E-state index in [0.717, 1.165) is 22.8 Å². The van der Waals surface area contributed by atoms with Crippen LogP contribution in [0.5, 0.6) is 0 Å². The Morgan fingerprint density at radius 3 is 2.43 bits per heavy atom. The molecule has 2 heterocycles. The van der Waals surface area contributed by atoms with Gasteiger partial charge in [-0.1, -0.05) is 30.7 Å². The molecule has 1 amide bonds. The zero-order valence-corrected chi connectivity index (χ0v) is 14.3. The Bertz CT molecular complexity index is 822. The summed E-state index contributed by atoms with van der Waals surface area (Å²) in [4.78, 5) is 15.3. The minimum Gasteiger partial charge on any atom is -0.365 e. The fourth-order valence-electron chi connectivity index (χ4n) is 2.31. The third-order valence-electron chi connectivity index (χ3n) is 3.53. The summed E-state index contributed by atoms with van der Waals surface area (Å²) in [7, 11) is 0. The molecule has 0 unspecified atom stereocenters. The Labute approximate surface area is 140 Å². The molecule has 2 aromatic heterocycles. The number of aryl methyl sites for hydroxylation is 3. The molecule has 3 aromatic rings. The van der Waals surface area contributed by atoms with E-state index in [1.807, 2.05) is 48.6 Å². The number of halogens is 1. The number of nitrogens with two attached hydrogens (primary N) is 1. The maximum Gasteiger partial charge on any atom is 0.252 e. The molecule has 0 spiro atoms. The first-order chi connectivity index (χ1) is 10.9. The van der Waals surface area contributed by atoms with Gasteiger partial charge in [0.05, 0.1) is 5.56 Å². The highest BCUT2D eigenvalue weighted by Gasteiger charge is 2.10. The highest BCUT2D eigenvalue weighted by molar-refractivity contribution is 6.30. The smallest absolute Gasteiger partial charge is 0.252 e. The van der Waals surface area contributed by atoms with Crippen LogP contribution in [0.4, 0.5) is 0 Å². The summed E-state index contributed by atoms with van der Waals surface area (Å²) >= 11 is 5.67. The zero-order valence-electron chi connectivity index (χ0n) is 13.5. The summed E-state index contributed by atoms with van der Waals surface area (Å²) in [5.74, 6) is -0.440. The van der Waals surface area contributed by atoms with E-state index in [-0.39, 0.29) is 0 Å². The van der Waals surface area contributed by atoms with E-state index >= 15 is 0 Å². The fraction of sp³-hybridized carbons (Fsp3) is 0.222. The van der Waals surface area contributed by atoms with Crippen molar-refractivity contribution in [1.82, 2.24) is 9.38 Å². The predicted octanol–water partition coefficient (Wildman–Crippen LogP) is 3.95. The van der Waals surface area contributed by atoms with Gasteiger partial charge >= 0.3 is 0 Å². The molecular weight excluding hydrogens is 310 g/mol. The fourth-order valence-corrected chi connectivity index (χ4v) is 2.43. The van der Waals surface area contributed by atoms with Gasteiger partial charge in [-0.15, -0.1) is 0 Å². The van der Waals surface area contributed by atoms with Gasteiger partial charge in [-0.05, 0) is 50.1 Å². The monoisotopic (exact) mass is 329 g/mol. The number of carbonyl (C=O) groups excluding carboxylic acids is 1. The highest BCUT2D eigenvalue weighted by atomic mass is 35.5. The van der Waals surface area contributed by atoms with Crippen molar-refractivity contribution in [2.75, 3.05) is 0 Å². The van der Waals surface area contributed by atoms with Crippen LogP contribution in [0.15, 0.2) is 42.6 Å². The van der Waals surface area contributed by atoms with E-state index in [2.05, 4.69) is 11.9 Å². The SMILES string of the molecule is CCc1ccc(Cl)cc1.Cc1cc(C)n2ccc(C(N)=O)c2n1. The molecule has 4 nitrogen and oxygen atoms in total. The lowest BCUT2D eigenvalue weighted by molar-refractivity contribution is 0.100. The third-order valence-corrected chi connectivity index (χ3v) is 3.78. The number of hydrogen-bond acceptors (Lipinski definition) is 2. The normalized spacial score (nSPS) is 10.3. The van der Waals surface area contributed by atoms with Crippen LogP contribution in [0.1, 0.15) is 34.2 Å². The second kappa shape index (κ2) is 7.29. The number of carbonyl (C=O) groups is 1. The Balaban J connectivity index is 0.000000185. The van der Waals surface area contributed by atoms with Crippen molar-refractivity contribution in [2.24, 2.45) is 5.73 Å². The lowest BCUT2D eigenvalue weighted by Gasteiger charge is -2.02. The van der Waals surface area contributed by atoms with Gasteiger partial charge < -0.3 is 10.1 Å². The molecule has 0 bridgehead atoms. The first kappa shape index (κ1) is 17.0. The van der Waals surface area contributed by atoms with Crippen LogP contribution >= 0.6 is 11.6 Å². The molecule has 2 N–H and O–H groups in total. The summed E-state index contributed by atoms with van der Waals surface area (Å²) in [5, 5.41) is 0.812. The number of fused-ring (bicyclic) bond motifs is 1. The van der Waals surface area contributed by atoms with E-state index < -0.39 is 5.91 Å². The van der Waals surface area contributed by atoms with Crippen LogP contribution in [0.3, 0.4) is 0 Å². The van der Waals surface area contributed by atoms with E-state index in [1.54, 1.807) is 12.3 Å². The van der Waals surface area contributed by atoms with Crippen molar-refractivity contribution in [3.05, 3.63) is 70.1 Å². The van der Waals surface area contributed by atoms with Crippen molar-refractivity contribution in [1.29, 1.82) is 0 Å². The number of aromatic nitrogens is 2. The second-order valence-electron chi connectivity index (χ2n) is 5.31. The van der Waals surface area contributed by atoms with Gasteiger partial charge in [-0.2, -0.15) is 0 Å².